The Morgan fingerprint density at radius 2 is 2.15 bits per heavy atom. The monoisotopic (exact) mass is 389 g/mol. The van der Waals surface area contributed by atoms with E-state index in [0.717, 1.165) is 19.5 Å². The number of nitrogens with zero attached hydrogens (tertiary/aromatic N) is 5. The lowest BCUT2D eigenvalue weighted by molar-refractivity contribution is -0.133. The van der Waals surface area contributed by atoms with E-state index in [2.05, 4.69) is 12.0 Å². The second-order valence-corrected chi connectivity index (χ2v) is 9.78. The molecule has 2 unspecified atom stereocenters. The molecule has 8 heteroatoms. The average Bonchev–Trinajstić information content (AvgIpc) is 3.19. The highest BCUT2D eigenvalue weighted by Gasteiger charge is 2.32. The SMILES string of the molecule is CC1CCCN(C(=O)CC2CSc3nc4c(cnn4C(C)(C)C)c(=O)n32)C1. The number of carbonyl (C=O) groups excluding carboxylic acids is 1. The molecule has 0 N–H and O–H groups in total. The molecule has 0 bridgehead atoms. The van der Waals surface area contributed by atoms with Gasteiger partial charge in [-0.25, -0.2) is 9.67 Å². The summed E-state index contributed by atoms with van der Waals surface area (Å²) < 4.78 is 3.52. The Hall–Kier alpha value is -1.83. The third kappa shape index (κ3) is 3.28. The van der Waals surface area contributed by atoms with Crippen molar-refractivity contribution in [2.24, 2.45) is 5.92 Å². The molecular weight excluding hydrogens is 362 g/mol. The van der Waals surface area contributed by atoms with E-state index >= 15 is 0 Å². The van der Waals surface area contributed by atoms with Gasteiger partial charge in [-0.2, -0.15) is 5.10 Å². The maximum absolute atomic E-state index is 13.1. The molecule has 1 fully saturated rings. The van der Waals surface area contributed by atoms with Crippen LogP contribution in [0.5, 0.6) is 0 Å². The molecule has 1 saturated heterocycles. The van der Waals surface area contributed by atoms with Gasteiger partial charge < -0.3 is 4.90 Å². The molecule has 2 aromatic rings. The largest absolute Gasteiger partial charge is 0.342 e. The van der Waals surface area contributed by atoms with E-state index in [9.17, 15) is 9.59 Å². The second-order valence-electron chi connectivity index (χ2n) is 8.79. The van der Waals surface area contributed by atoms with Crippen molar-refractivity contribution in [1.29, 1.82) is 0 Å². The van der Waals surface area contributed by atoms with Crippen LogP contribution in [-0.2, 0) is 10.3 Å². The maximum Gasteiger partial charge on any atom is 0.265 e. The number of fused-ring (bicyclic) bond motifs is 2. The van der Waals surface area contributed by atoms with E-state index in [1.54, 1.807) is 27.2 Å². The van der Waals surface area contributed by atoms with Crippen molar-refractivity contribution in [3.63, 3.8) is 0 Å². The molecule has 1 amide bonds. The molecule has 146 valence electrons. The van der Waals surface area contributed by atoms with Crippen molar-refractivity contribution in [3.05, 3.63) is 16.6 Å². The van der Waals surface area contributed by atoms with E-state index in [-0.39, 0.29) is 23.0 Å². The van der Waals surface area contributed by atoms with Crippen LogP contribution >= 0.6 is 11.8 Å². The molecule has 4 heterocycles. The number of carbonyl (C=O) groups is 1. The molecule has 0 aliphatic carbocycles. The van der Waals surface area contributed by atoms with Crippen LogP contribution in [0.2, 0.25) is 0 Å². The Morgan fingerprint density at radius 3 is 2.85 bits per heavy atom. The smallest absolute Gasteiger partial charge is 0.265 e. The van der Waals surface area contributed by atoms with Crippen LogP contribution in [-0.4, -0.2) is 49.0 Å². The van der Waals surface area contributed by atoms with Crippen LogP contribution < -0.4 is 5.56 Å². The van der Waals surface area contributed by atoms with Crippen LogP contribution in [0.25, 0.3) is 11.0 Å². The summed E-state index contributed by atoms with van der Waals surface area (Å²) >= 11 is 1.56. The summed E-state index contributed by atoms with van der Waals surface area (Å²) in [4.78, 5) is 32.6. The van der Waals surface area contributed by atoms with E-state index in [1.807, 2.05) is 25.7 Å². The first-order valence-corrected chi connectivity index (χ1v) is 10.7. The number of hydrogen-bond donors (Lipinski definition) is 0. The Morgan fingerprint density at radius 1 is 1.37 bits per heavy atom. The molecule has 2 atom stereocenters. The summed E-state index contributed by atoms with van der Waals surface area (Å²) in [7, 11) is 0. The summed E-state index contributed by atoms with van der Waals surface area (Å²) in [6.07, 6.45) is 4.23. The van der Waals surface area contributed by atoms with Crippen LogP contribution in [0.3, 0.4) is 0 Å². The molecule has 4 rings (SSSR count). The van der Waals surface area contributed by atoms with E-state index in [0.29, 0.717) is 34.3 Å². The lowest BCUT2D eigenvalue weighted by Crippen LogP contribution is -2.40. The Kier molecular flexibility index (Phi) is 4.56. The van der Waals surface area contributed by atoms with Crippen LogP contribution in [0.4, 0.5) is 0 Å². The summed E-state index contributed by atoms with van der Waals surface area (Å²) in [5.74, 6) is 1.42. The van der Waals surface area contributed by atoms with Crippen molar-refractivity contribution >= 4 is 28.7 Å². The molecule has 7 nitrogen and oxygen atoms in total. The summed E-state index contributed by atoms with van der Waals surface area (Å²) in [5.41, 5.74) is 0.298. The van der Waals surface area contributed by atoms with Gasteiger partial charge in [-0.15, -0.1) is 0 Å². The van der Waals surface area contributed by atoms with Gasteiger partial charge in [0.15, 0.2) is 10.8 Å². The highest BCUT2D eigenvalue weighted by molar-refractivity contribution is 7.99. The third-order valence-electron chi connectivity index (χ3n) is 5.43. The Bertz CT molecular complexity index is 942. The first-order chi connectivity index (χ1) is 12.8. The standard InChI is InChI=1S/C19H27N5O2S/c1-12-6-5-7-22(10-12)15(25)8-13-11-27-18-21-16-14(17(26)23(13)18)9-20-24(16)19(2,3)4/h9,12-13H,5-8,10-11H2,1-4H3. The fourth-order valence-electron chi connectivity index (χ4n) is 4.02. The molecule has 2 aliphatic heterocycles. The van der Waals surface area contributed by atoms with Gasteiger partial charge in [0.1, 0.15) is 5.39 Å². The zero-order chi connectivity index (χ0) is 19.3. The normalized spacial score (nSPS) is 23.0. The number of amides is 1. The summed E-state index contributed by atoms with van der Waals surface area (Å²) in [6.45, 7) is 9.98. The van der Waals surface area contributed by atoms with Crippen molar-refractivity contribution < 1.29 is 4.79 Å². The number of piperidine rings is 1. The van der Waals surface area contributed by atoms with Gasteiger partial charge in [0.2, 0.25) is 5.91 Å². The summed E-state index contributed by atoms with van der Waals surface area (Å²) in [6, 6.07) is -0.128. The van der Waals surface area contributed by atoms with Crippen molar-refractivity contribution in [2.45, 2.75) is 63.7 Å². The Labute approximate surface area is 163 Å². The number of thioether (sulfide) groups is 1. The molecule has 0 aromatic carbocycles. The fraction of sp³-hybridized carbons (Fsp3) is 0.684. The van der Waals surface area contributed by atoms with Crippen molar-refractivity contribution in [2.75, 3.05) is 18.8 Å². The number of likely N-dealkylation sites (tertiary alicyclic amines) is 1. The predicted octanol–water partition coefficient (Wildman–Crippen LogP) is 2.64. The van der Waals surface area contributed by atoms with E-state index in [4.69, 9.17) is 4.98 Å². The van der Waals surface area contributed by atoms with E-state index < -0.39 is 0 Å². The quantitative estimate of drug-likeness (QED) is 0.739. The number of aromatic nitrogens is 4. The van der Waals surface area contributed by atoms with Gasteiger partial charge >= 0.3 is 0 Å². The summed E-state index contributed by atoms with van der Waals surface area (Å²) in [5, 5.41) is 5.62. The molecule has 0 saturated carbocycles. The second kappa shape index (κ2) is 6.65. The topological polar surface area (TPSA) is 73.0 Å². The molecule has 0 spiro atoms. The minimum absolute atomic E-state index is 0.0830. The van der Waals surface area contributed by atoms with Crippen LogP contribution in [0.15, 0.2) is 16.1 Å². The van der Waals surface area contributed by atoms with Gasteiger partial charge in [0, 0.05) is 25.3 Å². The molecule has 0 radical (unpaired) electrons. The van der Waals surface area contributed by atoms with Gasteiger partial charge in [-0.05, 0) is 39.5 Å². The highest BCUT2D eigenvalue weighted by atomic mass is 32.2. The minimum Gasteiger partial charge on any atom is -0.342 e. The molecular formula is C19H27N5O2S. The average molecular weight is 390 g/mol. The Balaban J connectivity index is 1.64. The predicted molar refractivity (Wildman–Crippen MR) is 106 cm³/mol. The highest BCUT2D eigenvalue weighted by Crippen LogP contribution is 2.34. The van der Waals surface area contributed by atoms with Gasteiger partial charge in [-0.1, -0.05) is 18.7 Å². The zero-order valence-electron chi connectivity index (χ0n) is 16.4. The lowest BCUT2D eigenvalue weighted by Gasteiger charge is -2.31. The number of rotatable bonds is 2. The van der Waals surface area contributed by atoms with Gasteiger partial charge in [0.25, 0.3) is 5.56 Å². The van der Waals surface area contributed by atoms with Gasteiger partial charge in [0.05, 0.1) is 17.8 Å². The lowest BCUT2D eigenvalue weighted by atomic mass is 10.00. The van der Waals surface area contributed by atoms with Crippen molar-refractivity contribution in [1.82, 2.24) is 24.2 Å². The van der Waals surface area contributed by atoms with Crippen LogP contribution in [0, 0.1) is 5.92 Å². The first kappa shape index (κ1) is 18.5. The van der Waals surface area contributed by atoms with E-state index in [1.165, 1.54) is 6.42 Å². The van der Waals surface area contributed by atoms with Crippen LogP contribution in [0.1, 0.15) is 53.0 Å². The maximum atomic E-state index is 13.1. The van der Waals surface area contributed by atoms with Gasteiger partial charge in [-0.3, -0.25) is 14.2 Å². The third-order valence-corrected chi connectivity index (χ3v) is 6.52. The zero-order valence-corrected chi connectivity index (χ0v) is 17.3. The minimum atomic E-state index is -0.246. The van der Waals surface area contributed by atoms with Crippen molar-refractivity contribution in [3.8, 4) is 0 Å². The molecule has 2 aromatic heterocycles. The first-order valence-electron chi connectivity index (χ1n) is 9.67. The fourth-order valence-corrected chi connectivity index (χ4v) is 5.15. The number of hydrogen-bond acceptors (Lipinski definition) is 5. The molecule has 2 aliphatic rings. The molecule has 27 heavy (non-hydrogen) atoms.